The van der Waals surface area contributed by atoms with Gasteiger partial charge in [0.05, 0.1) is 0 Å². The Kier molecular flexibility index (Phi) is 4.25. The molecule has 1 aromatic rings. The van der Waals surface area contributed by atoms with E-state index in [0.717, 1.165) is 18.8 Å². The third-order valence-electron chi connectivity index (χ3n) is 1.78. The largest absolute Gasteiger partial charge is 0.419 e. The highest BCUT2D eigenvalue weighted by atomic mass is 35.5. The third-order valence-corrected chi connectivity index (χ3v) is 2.67. The predicted molar refractivity (Wildman–Crippen MR) is 59.1 cm³/mol. The number of alkyl halides is 3. The van der Waals surface area contributed by atoms with E-state index in [1.165, 1.54) is 12.1 Å². The van der Waals surface area contributed by atoms with Gasteiger partial charge < -0.3 is 4.52 Å². The van der Waals surface area contributed by atoms with Crippen LogP contribution < -0.4 is 5.50 Å². The molecule has 3 nitrogen and oxygen atoms in total. The Morgan fingerprint density at radius 2 is 1.82 bits per heavy atom. The van der Waals surface area contributed by atoms with E-state index in [0.29, 0.717) is 5.02 Å². The second-order valence-corrected chi connectivity index (χ2v) is 5.95. The number of nitrogens with two attached hydrogens (primary N) is 1. The first-order chi connectivity index (χ1) is 7.59. The Hall–Kier alpha value is -0.550. The zero-order chi connectivity index (χ0) is 13.3. The van der Waals surface area contributed by atoms with Gasteiger partial charge in [-0.15, -0.1) is 0 Å². The molecule has 0 unspecified atom stereocenters. The lowest BCUT2D eigenvalue weighted by atomic mass is 10.1. The van der Waals surface area contributed by atoms with Gasteiger partial charge in [0.1, 0.15) is 0 Å². The number of hydrogen-bond donors (Lipinski definition) is 1. The molecule has 2 N–H and O–H groups in total. The van der Waals surface area contributed by atoms with Gasteiger partial charge in [0.2, 0.25) is 0 Å². The number of benzene rings is 1. The Labute approximate surface area is 101 Å². The molecule has 1 rings (SSSR count). The van der Waals surface area contributed by atoms with Gasteiger partial charge >= 0.3 is 6.18 Å². The minimum Gasteiger partial charge on any atom is -0.300 e. The molecule has 0 aliphatic heterocycles. The van der Waals surface area contributed by atoms with Crippen LogP contribution in [0.4, 0.5) is 13.2 Å². The van der Waals surface area contributed by atoms with Gasteiger partial charge in [-0.2, -0.15) is 13.2 Å². The average molecular weight is 288 g/mol. The minimum atomic E-state index is -4.70. The van der Waals surface area contributed by atoms with Crippen LogP contribution in [0.3, 0.4) is 0 Å². The summed E-state index contributed by atoms with van der Waals surface area (Å²) in [7, 11) is -3.75. The van der Waals surface area contributed by atoms with Crippen LogP contribution in [0.15, 0.2) is 24.3 Å². The van der Waals surface area contributed by atoms with Crippen molar-refractivity contribution in [1.82, 2.24) is 0 Å². The Morgan fingerprint density at radius 3 is 2.18 bits per heavy atom. The number of halogens is 4. The molecule has 8 heteroatoms. The van der Waals surface area contributed by atoms with Gasteiger partial charge in [-0.05, 0) is 17.7 Å². The van der Waals surface area contributed by atoms with E-state index < -0.39 is 19.8 Å². The third kappa shape index (κ3) is 4.68. The second kappa shape index (κ2) is 4.98. The smallest absolute Gasteiger partial charge is 0.300 e. The molecular formula is C9H10ClF3NO2P. The summed E-state index contributed by atoms with van der Waals surface area (Å²) in [6.07, 6.45) is -7.01. The van der Waals surface area contributed by atoms with E-state index in [2.05, 4.69) is 4.52 Å². The normalized spacial score (nSPS) is 17.5. The van der Waals surface area contributed by atoms with Crippen LogP contribution in [0.5, 0.6) is 0 Å². The topological polar surface area (TPSA) is 52.3 Å². The molecular weight excluding hydrogens is 278 g/mol. The quantitative estimate of drug-likeness (QED) is 0.862. The first-order valence-corrected chi connectivity index (χ1v) is 6.98. The molecule has 0 amide bonds. The van der Waals surface area contributed by atoms with E-state index in [9.17, 15) is 17.7 Å². The Balaban J connectivity index is 3.07. The summed E-state index contributed by atoms with van der Waals surface area (Å²) in [5, 5.41) is 0.294. The molecule has 0 bridgehead atoms. The lowest BCUT2D eigenvalue weighted by Gasteiger charge is -2.22. The fraction of sp³-hybridized carbons (Fsp3) is 0.333. The van der Waals surface area contributed by atoms with Gasteiger partial charge in [-0.25, -0.2) is 0 Å². The van der Waals surface area contributed by atoms with E-state index in [1.54, 1.807) is 0 Å². The molecule has 0 aliphatic carbocycles. The SMILES string of the molecule is C[P@@](N)(=O)O[C@H](c1ccc(Cl)cc1)C(F)(F)F. The molecule has 0 spiro atoms. The van der Waals surface area contributed by atoms with Crippen LogP contribution in [0.2, 0.25) is 5.02 Å². The minimum absolute atomic E-state index is 0.200. The van der Waals surface area contributed by atoms with Crippen molar-refractivity contribution in [1.29, 1.82) is 0 Å². The van der Waals surface area contributed by atoms with Crippen LogP contribution in [0.25, 0.3) is 0 Å². The Morgan fingerprint density at radius 1 is 1.35 bits per heavy atom. The highest BCUT2D eigenvalue weighted by Gasteiger charge is 2.44. The van der Waals surface area contributed by atoms with Crippen LogP contribution in [-0.2, 0) is 9.09 Å². The molecule has 0 aliphatic rings. The van der Waals surface area contributed by atoms with E-state index in [-0.39, 0.29) is 5.56 Å². The lowest BCUT2D eigenvalue weighted by Crippen LogP contribution is -2.23. The molecule has 0 aromatic heterocycles. The Bertz CT molecular complexity index is 429. The van der Waals surface area contributed by atoms with Crippen molar-refractivity contribution < 1.29 is 22.3 Å². The predicted octanol–water partition coefficient (Wildman–Crippen LogP) is 3.74. The van der Waals surface area contributed by atoms with Crippen LogP contribution in [0, 0.1) is 0 Å². The van der Waals surface area contributed by atoms with E-state index >= 15 is 0 Å². The van der Waals surface area contributed by atoms with Crippen molar-refractivity contribution in [2.45, 2.75) is 12.3 Å². The summed E-state index contributed by atoms with van der Waals surface area (Å²) in [6.45, 7) is 0.918. The summed E-state index contributed by atoms with van der Waals surface area (Å²) >= 11 is 5.56. The number of rotatable bonds is 3. The first-order valence-electron chi connectivity index (χ1n) is 4.46. The zero-order valence-electron chi connectivity index (χ0n) is 8.74. The maximum atomic E-state index is 12.7. The van der Waals surface area contributed by atoms with Crippen LogP contribution in [-0.4, -0.2) is 12.8 Å². The highest BCUT2D eigenvalue weighted by Crippen LogP contribution is 2.46. The van der Waals surface area contributed by atoms with Crippen molar-refractivity contribution in [2.75, 3.05) is 6.66 Å². The molecule has 0 fully saturated rings. The summed E-state index contributed by atoms with van der Waals surface area (Å²) in [6, 6.07) is 4.87. The van der Waals surface area contributed by atoms with E-state index in [4.69, 9.17) is 17.1 Å². The fourth-order valence-electron chi connectivity index (χ4n) is 1.16. The first kappa shape index (κ1) is 14.5. The molecule has 0 heterocycles. The molecule has 17 heavy (non-hydrogen) atoms. The standard InChI is InChI=1S/C9H10ClF3NO2P/c1-17(14,15)16-8(9(11,12)13)6-2-4-7(10)5-3-6/h2-5,8H,1H3,(H2,14,15)/t8-,17-/m1/s1. The van der Waals surface area contributed by atoms with Crippen molar-refractivity contribution in [3.63, 3.8) is 0 Å². The summed E-state index contributed by atoms with van der Waals surface area (Å²) in [5.41, 5.74) is 4.81. The molecule has 0 saturated carbocycles. The lowest BCUT2D eigenvalue weighted by molar-refractivity contribution is -0.197. The van der Waals surface area contributed by atoms with Crippen molar-refractivity contribution in [3.05, 3.63) is 34.9 Å². The summed E-state index contributed by atoms with van der Waals surface area (Å²) in [5.74, 6) is 0. The maximum Gasteiger partial charge on any atom is 0.419 e. The van der Waals surface area contributed by atoms with Crippen LogP contribution in [0.1, 0.15) is 11.7 Å². The van der Waals surface area contributed by atoms with Crippen molar-refractivity contribution in [3.8, 4) is 0 Å². The van der Waals surface area contributed by atoms with Gasteiger partial charge in [0.25, 0.3) is 7.52 Å². The van der Waals surface area contributed by atoms with E-state index in [1.807, 2.05) is 0 Å². The summed E-state index contributed by atoms with van der Waals surface area (Å²) < 4.78 is 53.6. The molecule has 0 saturated heterocycles. The summed E-state index contributed by atoms with van der Waals surface area (Å²) in [4.78, 5) is 0. The van der Waals surface area contributed by atoms with Gasteiger partial charge in [-0.3, -0.25) is 10.1 Å². The van der Waals surface area contributed by atoms with Gasteiger partial charge in [0.15, 0.2) is 6.10 Å². The zero-order valence-corrected chi connectivity index (χ0v) is 10.4. The fourth-order valence-corrected chi connectivity index (χ4v) is 1.94. The average Bonchev–Trinajstić information content (AvgIpc) is 2.13. The van der Waals surface area contributed by atoms with Gasteiger partial charge in [-0.1, -0.05) is 23.7 Å². The van der Waals surface area contributed by atoms with Gasteiger partial charge in [0, 0.05) is 11.7 Å². The van der Waals surface area contributed by atoms with Crippen molar-refractivity contribution >= 4 is 19.1 Å². The second-order valence-electron chi connectivity index (χ2n) is 3.49. The monoisotopic (exact) mass is 287 g/mol. The molecule has 1 aromatic carbocycles. The molecule has 2 atom stereocenters. The molecule has 0 radical (unpaired) electrons. The number of hydrogen-bond acceptors (Lipinski definition) is 2. The highest BCUT2D eigenvalue weighted by molar-refractivity contribution is 7.55. The van der Waals surface area contributed by atoms with Crippen LogP contribution >= 0.6 is 19.1 Å². The maximum absolute atomic E-state index is 12.7. The molecule has 96 valence electrons. The van der Waals surface area contributed by atoms with Crippen molar-refractivity contribution in [2.24, 2.45) is 5.50 Å².